The minimum absolute atomic E-state index is 0.00109. The highest BCUT2D eigenvalue weighted by molar-refractivity contribution is 7.15. The number of anilines is 1. The van der Waals surface area contributed by atoms with Crippen LogP contribution < -0.4 is 14.8 Å². The average molecular weight is 386 g/mol. The Balaban J connectivity index is 1.41. The van der Waals surface area contributed by atoms with Gasteiger partial charge in [0.1, 0.15) is 13.2 Å². The Morgan fingerprint density at radius 2 is 1.89 bits per heavy atom. The molecule has 4 rings (SSSR count). The van der Waals surface area contributed by atoms with Crippen LogP contribution in [-0.4, -0.2) is 48.9 Å². The summed E-state index contributed by atoms with van der Waals surface area (Å²) in [4.78, 5) is 27.4. The standard InChI is InChI=1S/C20H22N2O4S/c1-13(23)18-6-7-19(27-18)20(24)22-8-2-3-15(12-22)21-14-4-5-16-17(11-14)26-10-9-25-16/h4-7,11,15,21H,2-3,8-10,12H2,1H3/t15-/m1/s1. The number of amides is 1. The molecule has 1 atom stereocenters. The quantitative estimate of drug-likeness (QED) is 0.816. The number of carbonyl (C=O) groups is 2. The van der Waals surface area contributed by atoms with Gasteiger partial charge in [-0.15, -0.1) is 11.3 Å². The summed E-state index contributed by atoms with van der Waals surface area (Å²) in [6.45, 7) is 4.04. The Kier molecular flexibility index (Phi) is 5.03. The van der Waals surface area contributed by atoms with E-state index < -0.39 is 0 Å². The molecule has 0 bridgehead atoms. The van der Waals surface area contributed by atoms with Crippen LogP contribution >= 0.6 is 11.3 Å². The van der Waals surface area contributed by atoms with E-state index in [0.717, 1.165) is 36.6 Å². The van der Waals surface area contributed by atoms with Gasteiger partial charge in [-0.25, -0.2) is 0 Å². The second kappa shape index (κ2) is 7.60. The van der Waals surface area contributed by atoms with E-state index in [1.165, 1.54) is 18.3 Å². The zero-order chi connectivity index (χ0) is 18.8. The zero-order valence-corrected chi connectivity index (χ0v) is 16.0. The first-order valence-corrected chi connectivity index (χ1v) is 9.98. The minimum Gasteiger partial charge on any atom is -0.486 e. The van der Waals surface area contributed by atoms with E-state index in [1.54, 1.807) is 12.1 Å². The number of rotatable bonds is 4. The third-order valence-corrected chi connectivity index (χ3v) is 5.96. The van der Waals surface area contributed by atoms with E-state index in [-0.39, 0.29) is 17.7 Å². The molecule has 1 fully saturated rings. The predicted octanol–water partition coefficient (Wildman–Crippen LogP) is 3.44. The Morgan fingerprint density at radius 3 is 2.67 bits per heavy atom. The number of Topliss-reactive ketones (excluding diaryl/α,β-unsaturated/α-hetero) is 1. The molecule has 0 aliphatic carbocycles. The first-order chi connectivity index (χ1) is 13.1. The first-order valence-electron chi connectivity index (χ1n) is 9.16. The largest absolute Gasteiger partial charge is 0.486 e. The number of ketones is 1. The van der Waals surface area contributed by atoms with Gasteiger partial charge < -0.3 is 19.7 Å². The monoisotopic (exact) mass is 386 g/mol. The number of likely N-dealkylation sites (tertiary alicyclic amines) is 1. The Hall–Kier alpha value is -2.54. The molecule has 1 amide bonds. The molecule has 1 N–H and O–H groups in total. The smallest absolute Gasteiger partial charge is 0.264 e. The molecule has 6 nitrogen and oxygen atoms in total. The number of ether oxygens (including phenoxy) is 2. The second-order valence-corrected chi connectivity index (χ2v) is 7.90. The maximum atomic E-state index is 12.8. The van der Waals surface area contributed by atoms with Gasteiger partial charge in [-0.3, -0.25) is 9.59 Å². The fourth-order valence-electron chi connectivity index (χ4n) is 3.45. The van der Waals surface area contributed by atoms with Gasteiger partial charge in [0.15, 0.2) is 17.3 Å². The molecular formula is C20H22N2O4S. The average Bonchev–Trinajstić information content (AvgIpc) is 3.18. The zero-order valence-electron chi connectivity index (χ0n) is 15.2. The summed E-state index contributed by atoms with van der Waals surface area (Å²) < 4.78 is 11.2. The Bertz CT molecular complexity index is 863. The summed E-state index contributed by atoms with van der Waals surface area (Å²) in [5.74, 6) is 1.52. The third kappa shape index (κ3) is 3.93. The van der Waals surface area contributed by atoms with Crippen molar-refractivity contribution < 1.29 is 19.1 Å². The molecule has 2 aliphatic heterocycles. The lowest BCUT2D eigenvalue weighted by molar-refractivity contribution is 0.0719. The third-order valence-electron chi connectivity index (χ3n) is 4.79. The maximum absolute atomic E-state index is 12.8. The highest BCUT2D eigenvalue weighted by Crippen LogP contribution is 2.33. The normalized spacial score (nSPS) is 18.9. The van der Waals surface area contributed by atoms with Crippen LogP contribution in [0.15, 0.2) is 30.3 Å². The van der Waals surface area contributed by atoms with Crippen LogP contribution in [0.2, 0.25) is 0 Å². The summed E-state index contributed by atoms with van der Waals surface area (Å²) >= 11 is 1.27. The summed E-state index contributed by atoms with van der Waals surface area (Å²) in [6, 6.07) is 9.51. The summed E-state index contributed by atoms with van der Waals surface area (Å²) in [5.41, 5.74) is 0.966. The van der Waals surface area contributed by atoms with E-state index >= 15 is 0 Å². The SMILES string of the molecule is CC(=O)c1ccc(C(=O)N2CCC[C@@H](Nc3ccc4c(c3)OCCO4)C2)s1. The van der Waals surface area contributed by atoms with Crippen LogP contribution in [0.5, 0.6) is 11.5 Å². The lowest BCUT2D eigenvalue weighted by atomic mass is 10.0. The van der Waals surface area contributed by atoms with Gasteiger partial charge in [-0.2, -0.15) is 0 Å². The second-order valence-electron chi connectivity index (χ2n) is 6.81. The van der Waals surface area contributed by atoms with Crippen LogP contribution in [0.3, 0.4) is 0 Å². The number of nitrogens with one attached hydrogen (secondary N) is 1. The highest BCUT2D eigenvalue weighted by atomic mass is 32.1. The Morgan fingerprint density at radius 1 is 1.11 bits per heavy atom. The maximum Gasteiger partial charge on any atom is 0.264 e. The van der Waals surface area contributed by atoms with Crippen molar-refractivity contribution in [2.24, 2.45) is 0 Å². The number of nitrogens with zero attached hydrogens (tertiary/aromatic N) is 1. The van der Waals surface area contributed by atoms with Crippen molar-refractivity contribution in [3.8, 4) is 11.5 Å². The van der Waals surface area contributed by atoms with E-state index in [4.69, 9.17) is 9.47 Å². The minimum atomic E-state index is -0.00385. The van der Waals surface area contributed by atoms with Gasteiger partial charge in [0, 0.05) is 30.9 Å². The molecule has 1 aromatic heterocycles. The van der Waals surface area contributed by atoms with Crippen LogP contribution in [0.25, 0.3) is 0 Å². The number of fused-ring (bicyclic) bond motifs is 1. The molecule has 1 saturated heterocycles. The van der Waals surface area contributed by atoms with Crippen molar-refractivity contribution in [2.45, 2.75) is 25.8 Å². The topological polar surface area (TPSA) is 67.9 Å². The Labute approximate surface area is 162 Å². The molecule has 0 unspecified atom stereocenters. The molecule has 0 radical (unpaired) electrons. The van der Waals surface area contributed by atoms with Crippen molar-refractivity contribution in [1.82, 2.24) is 4.90 Å². The van der Waals surface area contributed by atoms with Gasteiger partial charge in [0.05, 0.1) is 9.75 Å². The fourth-order valence-corrected chi connectivity index (χ4v) is 4.32. The molecule has 3 heterocycles. The molecule has 7 heteroatoms. The number of piperidine rings is 1. The van der Waals surface area contributed by atoms with Crippen LogP contribution in [-0.2, 0) is 0 Å². The van der Waals surface area contributed by atoms with Gasteiger partial charge in [-0.1, -0.05) is 0 Å². The molecule has 0 spiro atoms. The molecule has 142 valence electrons. The first kappa shape index (κ1) is 17.9. The van der Waals surface area contributed by atoms with E-state index in [0.29, 0.717) is 29.5 Å². The highest BCUT2D eigenvalue weighted by Gasteiger charge is 2.26. The lowest BCUT2D eigenvalue weighted by Crippen LogP contribution is -2.44. The van der Waals surface area contributed by atoms with Gasteiger partial charge in [0.2, 0.25) is 0 Å². The van der Waals surface area contributed by atoms with Crippen molar-refractivity contribution in [3.05, 3.63) is 40.1 Å². The number of carbonyl (C=O) groups excluding carboxylic acids is 2. The molecule has 0 saturated carbocycles. The van der Waals surface area contributed by atoms with E-state index in [9.17, 15) is 9.59 Å². The molecule has 1 aromatic carbocycles. The molecule has 27 heavy (non-hydrogen) atoms. The summed E-state index contributed by atoms with van der Waals surface area (Å²) in [5, 5.41) is 3.51. The van der Waals surface area contributed by atoms with Crippen LogP contribution in [0.1, 0.15) is 39.1 Å². The van der Waals surface area contributed by atoms with Gasteiger partial charge in [-0.05, 0) is 44.0 Å². The van der Waals surface area contributed by atoms with Gasteiger partial charge in [0.25, 0.3) is 5.91 Å². The van der Waals surface area contributed by atoms with Crippen molar-refractivity contribution >= 4 is 28.7 Å². The fraction of sp³-hybridized carbons (Fsp3) is 0.400. The molecule has 2 aromatic rings. The summed E-state index contributed by atoms with van der Waals surface area (Å²) in [6.07, 6.45) is 1.94. The summed E-state index contributed by atoms with van der Waals surface area (Å²) in [7, 11) is 0. The predicted molar refractivity (Wildman–Crippen MR) is 104 cm³/mol. The van der Waals surface area contributed by atoms with Crippen LogP contribution in [0, 0.1) is 0 Å². The number of thiophene rings is 1. The lowest BCUT2D eigenvalue weighted by Gasteiger charge is -2.33. The van der Waals surface area contributed by atoms with Gasteiger partial charge >= 0.3 is 0 Å². The van der Waals surface area contributed by atoms with E-state index in [2.05, 4.69) is 5.32 Å². The number of hydrogen-bond acceptors (Lipinski definition) is 6. The van der Waals surface area contributed by atoms with Crippen molar-refractivity contribution in [3.63, 3.8) is 0 Å². The number of hydrogen-bond donors (Lipinski definition) is 1. The molecular weight excluding hydrogens is 364 g/mol. The molecule has 2 aliphatic rings. The van der Waals surface area contributed by atoms with Crippen molar-refractivity contribution in [1.29, 1.82) is 0 Å². The number of benzene rings is 1. The van der Waals surface area contributed by atoms with E-state index in [1.807, 2.05) is 23.1 Å². The van der Waals surface area contributed by atoms with Crippen LogP contribution in [0.4, 0.5) is 5.69 Å². The van der Waals surface area contributed by atoms with Crippen molar-refractivity contribution in [2.75, 3.05) is 31.6 Å².